The van der Waals surface area contributed by atoms with E-state index in [0.717, 1.165) is 16.6 Å². The van der Waals surface area contributed by atoms with Crippen LogP contribution in [0.3, 0.4) is 0 Å². The normalized spacial score (nSPS) is 17.2. The summed E-state index contributed by atoms with van der Waals surface area (Å²) in [6, 6.07) is 7.88. The minimum absolute atomic E-state index is 0.111. The third-order valence-corrected chi connectivity index (χ3v) is 4.85. The minimum Gasteiger partial charge on any atom is -0.337 e. The highest BCUT2D eigenvalue weighted by atomic mass is 79.9. The number of hydrogen-bond donors (Lipinski definition) is 0. The summed E-state index contributed by atoms with van der Waals surface area (Å²) in [5.41, 5.74) is 0.757. The van der Waals surface area contributed by atoms with Crippen LogP contribution in [0.2, 0.25) is 0 Å². The average molecular weight is 353 g/mol. The Hall–Kier alpha value is -0.870. The van der Waals surface area contributed by atoms with Gasteiger partial charge in [-0.05, 0) is 56.1 Å². The fourth-order valence-electron chi connectivity index (χ4n) is 2.96. The van der Waals surface area contributed by atoms with Crippen molar-refractivity contribution in [2.24, 2.45) is 5.92 Å². The van der Waals surface area contributed by atoms with Gasteiger partial charge in [-0.3, -0.25) is 4.79 Å². The first-order valence-corrected chi connectivity index (χ1v) is 8.53. The number of carbonyl (C=O) groups excluding carboxylic acids is 1. The van der Waals surface area contributed by atoms with E-state index in [9.17, 15) is 4.79 Å². The van der Waals surface area contributed by atoms with Crippen LogP contribution >= 0.6 is 15.9 Å². The first kappa shape index (κ1) is 16.5. The van der Waals surface area contributed by atoms with Gasteiger partial charge in [0.25, 0.3) is 5.91 Å². The van der Waals surface area contributed by atoms with Crippen LogP contribution in [0.1, 0.15) is 37.0 Å². The Morgan fingerprint density at radius 2 is 1.81 bits per heavy atom. The van der Waals surface area contributed by atoms with Gasteiger partial charge in [-0.15, -0.1) is 0 Å². The first-order chi connectivity index (χ1) is 9.99. The number of likely N-dealkylation sites (tertiary alicyclic amines) is 1. The van der Waals surface area contributed by atoms with Crippen LogP contribution in [0.4, 0.5) is 0 Å². The molecule has 1 unspecified atom stereocenters. The summed E-state index contributed by atoms with van der Waals surface area (Å²) in [5.74, 6) is 0.565. The van der Waals surface area contributed by atoms with Crippen molar-refractivity contribution in [2.45, 2.75) is 32.7 Å². The Labute approximate surface area is 136 Å². The highest BCUT2D eigenvalue weighted by molar-refractivity contribution is 9.10. The van der Waals surface area contributed by atoms with Gasteiger partial charge in [-0.2, -0.15) is 0 Å². The van der Waals surface area contributed by atoms with E-state index in [4.69, 9.17) is 0 Å². The molecule has 4 heteroatoms. The number of benzene rings is 1. The van der Waals surface area contributed by atoms with E-state index in [1.165, 1.54) is 25.9 Å². The zero-order valence-corrected chi connectivity index (χ0v) is 14.8. The van der Waals surface area contributed by atoms with Gasteiger partial charge in [0, 0.05) is 29.7 Å². The average Bonchev–Trinajstić information content (AvgIpc) is 2.97. The molecule has 0 aromatic heterocycles. The molecule has 1 fully saturated rings. The van der Waals surface area contributed by atoms with Crippen molar-refractivity contribution in [3.8, 4) is 0 Å². The van der Waals surface area contributed by atoms with Crippen LogP contribution in [0.5, 0.6) is 0 Å². The number of carbonyl (C=O) groups is 1. The van der Waals surface area contributed by atoms with Gasteiger partial charge in [0.05, 0.1) is 0 Å². The molecule has 21 heavy (non-hydrogen) atoms. The van der Waals surface area contributed by atoms with Gasteiger partial charge < -0.3 is 9.80 Å². The Morgan fingerprint density at radius 3 is 2.33 bits per heavy atom. The summed E-state index contributed by atoms with van der Waals surface area (Å²) >= 11 is 3.41. The van der Waals surface area contributed by atoms with Gasteiger partial charge in [0.2, 0.25) is 0 Å². The lowest BCUT2D eigenvalue weighted by atomic mass is 10.0. The molecule has 0 aliphatic carbocycles. The monoisotopic (exact) mass is 352 g/mol. The quantitative estimate of drug-likeness (QED) is 0.807. The van der Waals surface area contributed by atoms with Crippen LogP contribution in [-0.4, -0.2) is 48.4 Å². The number of likely N-dealkylation sites (N-methyl/N-ethyl adjacent to an activating group) is 1. The van der Waals surface area contributed by atoms with Crippen LogP contribution in [0, 0.1) is 5.92 Å². The van der Waals surface area contributed by atoms with Crippen molar-refractivity contribution in [2.75, 3.05) is 26.7 Å². The maximum Gasteiger partial charge on any atom is 0.253 e. The van der Waals surface area contributed by atoms with Crippen LogP contribution in [0.25, 0.3) is 0 Å². The summed E-state index contributed by atoms with van der Waals surface area (Å²) in [7, 11) is 1.94. The van der Waals surface area contributed by atoms with E-state index in [-0.39, 0.29) is 11.9 Å². The molecule has 0 radical (unpaired) electrons. The zero-order chi connectivity index (χ0) is 15.4. The Kier molecular flexibility index (Phi) is 5.82. The van der Waals surface area contributed by atoms with E-state index in [2.05, 4.69) is 34.7 Å². The zero-order valence-electron chi connectivity index (χ0n) is 13.2. The third kappa shape index (κ3) is 4.30. The molecule has 0 spiro atoms. The summed E-state index contributed by atoms with van der Waals surface area (Å²) in [4.78, 5) is 17.1. The Bertz CT molecular complexity index is 466. The molecule has 116 valence electrons. The van der Waals surface area contributed by atoms with Crippen LogP contribution in [-0.2, 0) is 0 Å². The number of hydrogen-bond acceptors (Lipinski definition) is 2. The summed E-state index contributed by atoms with van der Waals surface area (Å²) in [6.45, 7) is 7.72. The fourth-order valence-corrected chi connectivity index (χ4v) is 3.22. The number of nitrogens with zero attached hydrogens (tertiary/aromatic N) is 2. The second kappa shape index (κ2) is 7.41. The standard InChI is InChI=1S/C17H25BrN2O/c1-13(2)16(12-20-10-4-5-11-20)19(3)17(21)14-6-8-15(18)9-7-14/h6-9,13,16H,4-5,10-12H2,1-3H3. The summed E-state index contributed by atoms with van der Waals surface area (Å²) < 4.78 is 0.999. The molecular formula is C17H25BrN2O. The van der Waals surface area contributed by atoms with E-state index in [1.807, 2.05) is 36.2 Å². The fraction of sp³-hybridized carbons (Fsp3) is 0.588. The van der Waals surface area contributed by atoms with Crippen LogP contribution < -0.4 is 0 Å². The van der Waals surface area contributed by atoms with Crippen molar-refractivity contribution in [3.05, 3.63) is 34.3 Å². The molecule has 1 heterocycles. The lowest BCUT2D eigenvalue weighted by molar-refractivity contribution is 0.0641. The maximum absolute atomic E-state index is 12.7. The molecule has 0 bridgehead atoms. The van der Waals surface area contributed by atoms with Crippen LogP contribution in [0.15, 0.2) is 28.7 Å². The lowest BCUT2D eigenvalue weighted by Crippen LogP contribution is -2.47. The molecule has 1 atom stereocenters. The van der Waals surface area contributed by atoms with Gasteiger partial charge in [0.1, 0.15) is 0 Å². The lowest BCUT2D eigenvalue weighted by Gasteiger charge is -2.34. The highest BCUT2D eigenvalue weighted by Crippen LogP contribution is 2.18. The SMILES string of the molecule is CC(C)C(CN1CCCC1)N(C)C(=O)c1ccc(Br)cc1. The van der Waals surface area contributed by atoms with E-state index < -0.39 is 0 Å². The van der Waals surface area contributed by atoms with E-state index in [1.54, 1.807) is 0 Å². The minimum atomic E-state index is 0.111. The molecule has 1 aromatic rings. The highest BCUT2D eigenvalue weighted by Gasteiger charge is 2.27. The van der Waals surface area contributed by atoms with Gasteiger partial charge >= 0.3 is 0 Å². The van der Waals surface area contributed by atoms with Crippen molar-refractivity contribution in [3.63, 3.8) is 0 Å². The molecule has 1 aliphatic heterocycles. The van der Waals surface area contributed by atoms with Crippen molar-refractivity contribution >= 4 is 21.8 Å². The first-order valence-electron chi connectivity index (χ1n) is 7.74. The molecule has 1 saturated heterocycles. The topological polar surface area (TPSA) is 23.6 Å². The molecule has 1 amide bonds. The predicted molar refractivity (Wildman–Crippen MR) is 90.5 cm³/mol. The second-order valence-corrected chi connectivity index (χ2v) is 7.16. The van der Waals surface area contributed by atoms with E-state index >= 15 is 0 Å². The molecular weight excluding hydrogens is 328 g/mol. The molecule has 1 aliphatic rings. The van der Waals surface area contributed by atoms with Gasteiger partial charge in [0.15, 0.2) is 0 Å². The number of rotatable bonds is 5. The van der Waals surface area contributed by atoms with Gasteiger partial charge in [-0.25, -0.2) is 0 Å². The van der Waals surface area contributed by atoms with Crippen molar-refractivity contribution in [1.82, 2.24) is 9.80 Å². The smallest absolute Gasteiger partial charge is 0.253 e. The number of halogens is 1. The van der Waals surface area contributed by atoms with E-state index in [0.29, 0.717) is 5.92 Å². The maximum atomic E-state index is 12.7. The third-order valence-electron chi connectivity index (χ3n) is 4.32. The summed E-state index contributed by atoms with van der Waals surface area (Å²) in [6.07, 6.45) is 2.57. The van der Waals surface area contributed by atoms with Crippen molar-refractivity contribution < 1.29 is 4.79 Å². The molecule has 1 aromatic carbocycles. The second-order valence-electron chi connectivity index (χ2n) is 6.24. The van der Waals surface area contributed by atoms with Crippen molar-refractivity contribution in [1.29, 1.82) is 0 Å². The Balaban J connectivity index is 2.07. The predicted octanol–water partition coefficient (Wildman–Crippen LogP) is 3.64. The molecule has 0 saturated carbocycles. The number of amides is 1. The molecule has 3 nitrogen and oxygen atoms in total. The summed E-state index contributed by atoms with van der Waals surface area (Å²) in [5, 5.41) is 0. The Morgan fingerprint density at radius 1 is 1.24 bits per heavy atom. The largest absolute Gasteiger partial charge is 0.337 e. The molecule has 2 rings (SSSR count). The molecule has 0 N–H and O–H groups in total. The van der Waals surface area contributed by atoms with Gasteiger partial charge in [-0.1, -0.05) is 29.8 Å².